The monoisotopic (exact) mass is 362 g/mol. The van der Waals surface area contributed by atoms with Gasteiger partial charge in [0.2, 0.25) is 0 Å². The summed E-state index contributed by atoms with van der Waals surface area (Å²) in [6.07, 6.45) is 1.51. The van der Waals surface area contributed by atoms with Crippen LogP contribution in [-0.2, 0) is 25.8 Å². The van der Waals surface area contributed by atoms with Crippen molar-refractivity contribution in [3.8, 4) is 0 Å². The molecule has 0 saturated heterocycles. The van der Waals surface area contributed by atoms with Gasteiger partial charge < -0.3 is 4.74 Å². The highest BCUT2D eigenvalue weighted by Gasteiger charge is 2.12. The Labute approximate surface area is 150 Å². The standard InChI is InChI=1S/C10H12O4S.C10H14/c11-9-14-7-4-8-15(12,13)10-5-2-1-3-6-10;1-9(2)8-10-6-4-3-5-7-10/h1-3,5-6,9H,4,7-8H2;3-7,9H,8H2,1-2H3. The van der Waals surface area contributed by atoms with Gasteiger partial charge in [-0.1, -0.05) is 62.4 Å². The highest BCUT2D eigenvalue weighted by Crippen LogP contribution is 2.10. The van der Waals surface area contributed by atoms with E-state index in [2.05, 4.69) is 48.9 Å². The molecular weight excluding hydrogens is 336 g/mol. The molecule has 0 amide bonds. The maximum atomic E-state index is 11.7. The predicted octanol–water partition coefficient (Wildman–Crippen LogP) is 3.91. The fourth-order valence-electron chi connectivity index (χ4n) is 2.21. The van der Waals surface area contributed by atoms with Crippen LogP contribution in [0.2, 0.25) is 0 Å². The molecule has 0 unspecified atom stereocenters. The van der Waals surface area contributed by atoms with Crippen molar-refractivity contribution in [2.45, 2.75) is 31.6 Å². The molecule has 0 bridgehead atoms. The summed E-state index contributed by atoms with van der Waals surface area (Å²) >= 11 is 0. The molecule has 0 aromatic heterocycles. The lowest BCUT2D eigenvalue weighted by molar-refractivity contribution is -0.128. The lowest BCUT2D eigenvalue weighted by atomic mass is 10.0. The number of benzene rings is 2. The number of carbonyl (C=O) groups excluding carboxylic acids is 1. The van der Waals surface area contributed by atoms with Crippen molar-refractivity contribution < 1.29 is 17.9 Å². The number of hydrogen-bond donors (Lipinski definition) is 0. The van der Waals surface area contributed by atoms with Crippen LogP contribution in [0.25, 0.3) is 0 Å². The Kier molecular flexibility index (Phi) is 9.55. The number of rotatable bonds is 8. The van der Waals surface area contributed by atoms with Gasteiger partial charge in [0.25, 0.3) is 6.47 Å². The second kappa shape index (κ2) is 11.4. The van der Waals surface area contributed by atoms with Gasteiger partial charge >= 0.3 is 0 Å². The van der Waals surface area contributed by atoms with Crippen molar-refractivity contribution in [1.29, 1.82) is 0 Å². The van der Waals surface area contributed by atoms with E-state index in [9.17, 15) is 13.2 Å². The summed E-state index contributed by atoms with van der Waals surface area (Å²) in [6, 6.07) is 18.8. The number of carbonyl (C=O) groups is 1. The SMILES string of the molecule is CC(C)Cc1ccccc1.O=COCCCS(=O)(=O)c1ccccc1. The molecule has 0 atom stereocenters. The van der Waals surface area contributed by atoms with Gasteiger partial charge in [0, 0.05) is 0 Å². The highest BCUT2D eigenvalue weighted by atomic mass is 32.2. The van der Waals surface area contributed by atoms with Crippen molar-refractivity contribution >= 4 is 16.3 Å². The maximum absolute atomic E-state index is 11.7. The third kappa shape index (κ3) is 9.05. The van der Waals surface area contributed by atoms with E-state index < -0.39 is 9.84 Å². The lowest BCUT2D eigenvalue weighted by Gasteiger charge is -2.03. The highest BCUT2D eigenvalue weighted by molar-refractivity contribution is 7.91. The number of ether oxygens (including phenoxy) is 1. The van der Waals surface area contributed by atoms with Crippen LogP contribution in [0.1, 0.15) is 25.8 Å². The zero-order valence-electron chi connectivity index (χ0n) is 14.8. The van der Waals surface area contributed by atoms with Crippen LogP contribution in [0, 0.1) is 5.92 Å². The van der Waals surface area contributed by atoms with Crippen molar-refractivity contribution in [2.24, 2.45) is 5.92 Å². The fraction of sp³-hybridized carbons (Fsp3) is 0.350. The molecule has 5 heteroatoms. The van der Waals surface area contributed by atoms with Crippen LogP contribution < -0.4 is 0 Å². The summed E-state index contributed by atoms with van der Waals surface area (Å²) in [5.74, 6) is 0.757. The van der Waals surface area contributed by atoms with Gasteiger partial charge in [-0.05, 0) is 36.5 Å². The average molecular weight is 362 g/mol. The first kappa shape index (κ1) is 20.9. The molecule has 0 saturated carbocycles. The third-order valence-corrected chi connectivity index (χ3v) is 5.15. The Hall–Kier alpha value is -2.14. The van der Waals surface area contributed by atoms with Crippen LogP contribution in [-0.4, -0.2) is 27.2 Å². The Balaban J connectivity index is 0.000000271. The zero-order valence-corrected chi connectivity index (χ0v) is 15.6. The second-order valence-electron chi connectivity index (χ2n) is 6.04. The Morgan fingerprint density at radius 2 is 1.52 bits per heavy atom. The number of sulfone groups is 1. The molecule has 0 radical (unpaired) electrons. The average Bonchev–Trinajstić information content (AvgIpc) is 2.60. The van der Waals surface area contributed by atoms with Gasteiger partial charge in [-0.3, -0.25) is 4.79 Å². The molecule has 0 spiro atoms. The molecule has 4 nitrogen and oxygen atoms in total. The van der Waals surface area contributed by atoms with E-state index in [-0.39, 0.29) is 12.4 Å². The summed E-state index contributed by atoms with van der Waals surface area (Å²) in [5, 5.41) is 0. The minimum Gasteiger partial charge on any atom is -0.468 e. The van der Waals surface area contributed by atoms with Crippen LogP contribution in [0.15, 0.2) is 65.6 Å². The molecule has 0 aliphatic rings. The Morgan fingerprint density at radius 3 is 2.04 bits per heavy atom. The molecule has 0 heterocycles. The lowest BCUT2D eigenvalue weighted by Crippen LogP contribution is -2.09. The largest absolute Gasteiger partial charge is 0.468 e. The van der Waals surface area contributed by atoms with Crippen molar-refractivity contribution in [3.05, 3.63) is 66.2 Å². The molecule has 0 aliphatic heterocycles. The molecule has 0 N–H and O–H groups in total. The van der Waals surface area contributed by atoms with Crippen LogP contribution in [0.5, 0.6) is 0 Å². The van der Waals surface area contributed by atoms with E-state index in [1.54, 1.807) is 30.3 Å². The normalized spacial score (nSPS) is 10.7. The summed E-state index contributed by atoms with van der Waals surface area (Å²) in [4.78, 5) is 10.1. The quantitative estimate of drug-likeness (QED) is 0.528. The van der Waals surface area contributed by atoms with Gasteiger partial charge in [0.1, 0.15) is 0 Å². The van der Waals surface area contributed by atoms with Crippen molar-refractivity contribution in [3.63, 3.8) is 0 Å². The van der Waals surface area contributed by atoms with Gasteiger partial charge in [-0.25, -0.2) is 8.42 Å². The molecular formula is C20H26O4S. The Bertz CT molecular complexity index is 695. The molecule has 2 aromatic rings. The molecule has 0 aliphatic carbocycles. The first-order chi connectivity index (χ1) is 12.0. The Morgan fingerprint density at radius 1 is 0.960 bits per heavy atom. The van der Waals surface area contributed by atoms with E-state index >= 15 is 0 Å². The van der Waals surface area contributed by atoms with Crippen LogP contribution in [0.3, 0.4) is 0 Å². The fourth-order valence-corrected chi connectivity index (χ4v) is 3.52. The zero-order chi connectivity index (χ0) is 18.5. The first-order valence-electron chi connectivity index (χ1n) is 8.32. The van der Waals surface area contributed by atoms with Crippen molar-refractivity contribution in [2.75, 3.05) is 12.4 Å². The molecule has 0 fully saturated rings. The summed E-state index contributed by atoms with van der Waals surface area (Å²) in [5.41, 5.74) is 1.44. The van der Waals surface area contributed by atoms with Gasteiger partial charge in [-0.15, -0.1) is 0 Å². The topological polar surface area (TPSA) is 60.4 Å². The molecule has 25 heavy (non-hydrogen) atoms. The predicted molar refractivity (Wildman–Crippen MR) is 100 cm³/mol. The van der Waals surface area contributed by atoms with Gasteiger partial charge in [0.15, 0.2) is 9.84 Å². The minimum atomic E-state index is -3.24. The summed E-state index contributed by atoms with van der Waals surface area (Å²) < 4.78 is 27.7. The first-order valence-corrected chi connectivity index (χ1v) is 9.98. The van der Waals surface area contributed by atoms with Crippen molar-refractivity contribution in [1.82, 2.24) is 0 Å². The van der Waals surface area contributed by atoms with Crippen LogP contribution in [0.4, 0.5) is 0 Å². The van der Waals surface area contributed by atoms with E-state index in [1.165, 1.54) is 12.0 Å². The smallest absolute Gasteiger partial charge is 0.293 e. The number of hydrogen-bond acceptors (Lipinski definition) is 4. The summed E-state index contributed by atoms with van der Waals surface area (Å²) in [7, 11) is -3.24. The van der Waals surface area contributed by atoms with Crippen LogP contribution >= 0.6 is 0 Å². The van der Waals surface area contributed by atoms with E-state index in [1.807, 2.05) is 0 Å². The summed E-state index contributed by atoms with van der Waals surface area (Å²) in [6.45, 7) is 4.94. The van der Waals surface area contributed by atoms with E-state index in [0.29, 0.717) is 17.8 Å². The third-order valence-electron chi connectivity index (χ3n) is 3.33. The molecule has 2 aromatic carbocycles. The molecule has 136 valence electrons. The van der Waals surface area contributed by atoms with E-state index in [0.717, 1.165) is 5.92 Å². The van der Waals surface area contributed by atoms with Gasteiger partial charge in [-0.2, -0.15) is 0 Å². The minimum absolute atomic E-state index is 0.00907. The maximum Gasteiger partial charge on any atom is 0.293 e. The van der Waals surface area contributed by atoms with E-state index in [4.69, 9.17) is 0 Å². The van der Waals surface area contributed by atoms with Gasteiger partial charge in [0.05, 0.1) is 17.3 Å². The second-order valence-corrected chi connectivity index (χ2v) is 8.15. The molecule has 2 rings (SSSR count).